The molecule has 0 unspecified atom stereocenters. The molecule has 0 spiro atoms. The first kappa shape index (κ1) is 14.2. The first-order valence-electron chi connectivity index (χ1n) is 6.11. The van der Waals surface area contributed by atoms with Crippen molar-refractivity contribution in [2.24, 2.45) is 0 Å². The second-order valence-corrected chi connectivity index (χ2v) is 4.60. The number of amides is 1. The molecule has 7 nitrogen and oxygen atoms in total. The minimum absolute atomic E-state index is 0.191. The van der Waals surface area contributed by atoms with Gasteiger partial charge in [0.1, 0.15) is 5.69 Å². The summed E-state index contributed by atoms with van der Waals surface area (Å²) in [5, 5.41) is 8.55. The minimum Gasteiger partial charge on any atom is -0.461 e. The summed E-state index contributed by atoms with van der Waals surface area (Å²) >= 11 is 1.17. The van der Waals surface area contributed by atoms with E-state index in [0.29, 0.717) is 17.4 Å². The molecule has 8 heteroatoms. The van der Waals surface area contributed by atoms with Crippen molar-refractivity contribution in [1.82, 2.24) is 14.8 Å². The first-order chi connectivity index (χ1) is 9.65. The van der Waals surface area contributed by atoms with Crippen LogP contribution >= 0.6 is 11.3 Å². The lowest BCUT2D eigenvalue weighted by Gasteiger charge is -2.03. The van der Waals surface area contributed by atoms with Crippen molar-refractivity contribution in [1.29, 1.82) is 0 Å². The van der Waals surface area contributed by atoms with Crippen molar-refractivity contribution in [3.8, 4) is 0 Å². The summed E-state index contributed by atoms with van der Waals surface area (Å²) in [4.78, 5) is 27.5. The van der Waals surface area contributed by atoms with Gasteiger partial charge in [-0.25, -0.2) is 9.78 Å². The molecule has 2 aromatic heterocycles. The number of nitrogens with zero attached hydrogens (tertiary/aromatic N) is 3. The normalized spacial score (nSPS) is 10.3. The van der Waals surface area contributed by atoms with Crippen molar-refractivity contribution < 1.29 is 14.3 Å². The predicted molar refractivity (Wildman–Crippen MR) is 73.9 cm³/mol. The molecule has 2 aromatic rings. The van der Waals surface area contributed by atoms with Crippen LogP contribution in [-0.4, -0.2) is 33.2 Å². The number of nitrogens with one attached hydrogen (secondary N) is 1. The van der Waals surface area contributed by atoms with Gasteiger partial charge in [0.2, 0.25) is 0 Å². The van der Waals surface area contributed by atoms with E-state index in [4.69, 9.17) is 4.74 Å². The number of hydrogen-bond donors (Lipinski definition) is 1. The molecule has 1 amide bonds. The molecule has 0 bridgehead atoms. The van der Waals surface area contributed by atoms with Gasteiger partial charge in [-0.2, -0.15) is 5.10 Å². The van der Waals surface area contributed by atoms with Gasteiger partial charge in [0, 0.05) is 18.1 Å². The van der Waals surface area contributed by atoms with Crippen LogP contribution < -0.4 is 5.32 Å². The Hall–Kier alpha value is -2.22. The molecule has 0 aliphatic rings. The molecule has 0 fully saturated rings. The average molecular weight is 294 g/mol. The highest BCUT2D eigenvalue weighted by Gasteiger charge is 2.15. The molecule has 0 aromatic carbocycles. The maximum Gasteiger partial charge on any atom is 0.357 e. The average Bonchev–Trinajstić information content (AvgIpc) is 3.07. The minimum atomic E-state index is -0.497. The SMILES string of the molecule is CCOC(=O)c1csc(NC(=O)c2ccnn2CC)n1. The van der Waals surface area contributed by atoms with Gasteiger partial charge in [0.15, 0.2) is 10.8 Å². The summed E-state index contributed by atoms with van der Waals surface area (Å²) < 4.78 is 6.41. The Labute approximate surface area is 119 Å². The lowest BCUT2D eigenvalue weighted by atomic mass is 10.4. The second-order valence-electron chi connectivity index (χ2n) is 3.74. The molecular weight excluding hydrogens is 280 g/mol. The smallest absolute Gasteiger partial charge is 0.357 e. The van der Waals surface area contributed by atoms with Crippen molar-refractivity contribution in [3.63, 3.8) is 0 Å². The van der Waals surface area contributed by atoms with E-state index in [1.165, 1.54) is 11.3 Å². The first-order valence-corrected chi connectivity index (χ1v) is 6.99. The van der Waals surface area contributed by atoms with Crippen LogP contribution in [0.15, 0.2) is 17.6 Å². The molecule has 0 aliphatic carbocycles. The topological polar surface area (TPSA) is 86.1 Å². The molecule has 20 heavy (non-hydrogen) atoms. The number of aryl methyl sites for hydroxylation is 1. The Morgan fingerprint density at radius 3 is 2.95 bits per heavy atom. The second kappa shape index (κ2) is 6.29. The highest BCUT2D eigenvalue weighted by molar-refractivity contribution is 7.14. The van der Waals surface area contributed by atoms with Crippen molar-refractivity contribution in [2.75, 3.05) is 11.9 Å². The molecule has 2 rings (SSSR count). The van der Waals surface area contributed by atoms with Crippen molar-refractivity contribution in [2.45, 2.75) is 20.4 Å². The Kier molecular flexibility index (Phi) is 4.46. The van der Waals surface area contributed by atoms with Gasteiger partial charge in [-0.05, 0) is 19.9 Å². The summed E-state index contributed by atoms with van der Waals surface area (Å²) in [6.07, 6.45) is 1.56. The predicted octanol–water partition coefficient (Wildman–Crippen LogP) is 1.79. The lowest BCUT2D eigenvalue weighted by Crippen LogP contribution is -2.17. The third-order valence-corrected chi connectivity index (χ3v) is 3.22. The number of rotatable bonds is 5. The fourth-order valence-electron chi connectivity index (χ4n) is 1.57. The lowest BCUT2D eigenvalue weighted by molar-refractivity contribution is 0.0520. The number of carbonyl (C=O) groups is 2. The van der Waals surface area contributed by atoms with E-state index in [9.17, 15) is 9.59 Å². The Morgan fingerprint density at radius 1 is 1.45 bits per heavy atom. The van der Waals surface area contributed by atoms with E-state index >= 15 is 0 Å². The van der Waals surface area contributed by atoms with Gasteiger partial charge < -0.3 is 4.74 Å². The van der Waals surface area contributed by atoms with Gasteiger partial charge in [-0.3, -0.25) is 14.8 Å². The van der Waals surface area contributed by atoms with E-state index in [0.717, 1.165) is 0 Å². The quantitative estimate of drug-likeness (QED) is 0.850. The van der Waals surface area contributed by atoms with E-state index in [1.807, 2.05) is 6.92 Å². The van der Waals surface area contributed by atoms with Gasteiger partial charge in [0.25, 0.3) is 5.91 Å². The zero-order valence-electron chi connectivity index (χ0n) is 11.1. The molecule has 106 valence electrons. The van der Waals surface area contributed by atoms with Crippen LogP contribution in [0.3, 0.4) is 0 Å². The maximum absolute atomic E-state index is 12.0. The van der Waals surface area contributed by atoms with Gasteiger partial charge >= 0.3 is 5.97 Å². The van der Waals surface area contributed by atoms with Crippen molar-refractivity contribution >= 4 is 28.3 Å². The summed E-state index contributed by atoms with van der Waals surface area (Å²) in [6, 6.07) is 1.62. The summed E-state index contributed by atoms with van der Waals surface area (Å²) in [5.74, 6) is -0.808. The largest absolute Gasteiger partial charge is 0.461 e. The molecular formula is C12H14N4O3S. The number of ether oxygens (including phenoxy) is 1. The van der Waals surface area contributed by atoms with E-state index in [2.05, 4.69) is 15.4 Å². The van der Waals surface area contributed by atoms with Crippen LogP contribution in [0.4, 0.5) is 5.13 Å². The third-order valence-electron chi connectivity index (χ3n) is 2.46. The number of anilines is 1. The molecule has 0 radical (unpaired) electrons. The number of aromatic nitrogens is 3. The van der Waals surface area contributed by atoms with E-state index in [1.54, 1.807) is 29.2 Å². The highest BCUT2D eigenvalue weighted by Crippen LogP contribution is 2.17. The summed E-state index contributed by atoms with van der Waals surface area (Å²) in [5.41, 5.74) is 0.636. The molecule has 2 heterocycles. The Bertz CT molecular complexity index is 620. The highest BCUT2D eigenvalue weighted by atomic mass is 32.1. The van der Waals surface area contributed by atoms with Crippen LogP contribution in [-0.2, 0) is 11.3 Å². The Morgan fingerprint density at radius 2 is 2.25 bits per heavy atom. The molecule has 0 aliphatic heterocycles. The van der Waals surface area contributed by atoms with Crippen LogP contribution in [0, 0.1) is 0 Å². The van der Waals surface area contributed by atoms with E-state index < -0.39 is 5.97 Å². The van der Waals surface area contributed by atoms with Crippen LogP contribution in [0.1, 0.15) is 34.8 Å². The number of hydrogen-bond acceptors (Lipinski definition) is 6. The fraction of sp³-hybridized carbons (Fsp3) is 0.333. The monoisotopic (exact) mass is 294 g/mol. The van der Waals surface area contributed by atoms with Crippen LogP contribution in [0.2, 0.25) is 0 Å². The van der Waals surface area contributed by atoms with Crippen LogP contribution in [0.5, 0.6) is 0 Å². The fourth-order valence-corrected chi connectivity index (χ4v) is 2.24. The number of carbonyl (C=O) groups excluding carboxylic acids is 2. The number of thiazole rings is 1. The van der Waals surface area contributed by atoms with Crippen LogP contribution in [0.25, 0.3) is 0 Å². The summed E-state index contributed by atoms with van der Waals surface area (Å²) in [6.45, 7) is 4.50. The molecule has 0 saturated heterocycles. The summed E-state index contributed by atoms with van der Waals surface area (Å²) in [7, 11) is 0. The maximum atomic E-state index is 12.0. The molecule has 0 atom stereocenters. The van der Waals surface area contributed by atoms with Crippen molar-refractivity contribution in [3.05, 3.63) is 29.0 Å². The Balaban J connectivity index is 2.07. The zero-order valence-corrected chi connectivity index (χ0v) is 11.9. The van der Waals surface area contributed by atoms with E-state index in [-0.39, 0.29) is 18.2 Å². The van der Waals surface area contributed by atoms with Gasteiger partial charge in [-0.15, -0.1) is 11.3 Å². The molecule has 1 N–H and O–H groups in total. The zero-order chi connectivity index (χ0) is 14.5. The van der Waals surface area contributed by atoms with Gasteiger partial charge in [0.05, 0.1) is 6.61 Å². The third kappa shape index (κ3) is 3.02. The van der Waals surface area contributed by atoms with Gasteiger partial charge in [-0.1, -0.05) is 0 Å². The standard InChI is InChI=1S/C12H14N4O3S/c1-3-16-9(5-6-13-16)10(17)15-12-14-8(7-20-12)11(18)19-4-2/h5-7H,3-4H2,1-2H3,(H,14,15,17). The number of esters is 1. The molecule has 0 saturated carbocycles.